The molecule has 0 heterocycles. The van der Waals surface area contributed by atoms with Crippen LogP contribution in [0.3, 0.4) is 0 Å². The van der Waals surface area contributed by atoms with Crippen molar-refractivity contribution >= 4 is 25.8 Å². The predicted molar refractivity (Wildman–Crippen MR) is 74.0 cm³/mol. The van der Waals surface area contributed by atoms with Gasteiger partial charge in [0.2, 0.25) is 0 Å². The zero-order chi connectivity index (χ0) is 12.7. The average molecular weight is 320 g/mol. The van der Waals surface area contributed by atoms with Gasteiger partial charge in [-0.1, -0.05) is 29.3 Å². The molecular weight excluding hydrogens is 302 g/mol. The number of unbranched alkanes of at least 4 members (excludes halogenated alkanes) is 1. The molecule has 0 fully saturated rings. The molecular formula is C12H18BrNO2S. The fourth-order valence-corrected chi connectivity index (χ4v) is 2.86. The third kappa shape index (κ3) is 5.19. The van der Waals surface area contributed by atoms with Gasteiger partial charge < -0.3 is 5.32 Å². The molecule has 0 radical (unpaired) electrons. The van der Waals surface area contributed by atoms with Gasteiger partial charge in [-0.2, -0.15) is 0 Å². The van der Waals surface area contributed by atoms with E-state index in [1.54, 1.807) is 24.3 Å². The van der Waals surface area contributed by atoms with Crippen LogP contribution in [0.1, 0.15) is 19.8 Å². The van der Waals surface area contributed by atoms with Crippen molar-refractivity contribution in [3.63, 3.8) is 0 Å². The Labute approximate surface area is 112 Å². The van der Waals surface area contributed by atoms with Crippen molar-refractivity contribution in [1.82, 2.24) is 5.32 Å². The maximum atomic E-state index is 11.9. The molecule has 1 aromatic carbocycles. The Balaban J connectivity index is 2.48. The molecule has 96 valence electrons. The van der Waals surface area contributed by atoms with E-state index in [4.69, 9.17) is 0 Å². The molecule has 17 heavy (non-hydrogen) atoms. The van der Waals surface area contributed by atoms with Crippen LogP contribution in [-0.4, -0.2) is 27.3 Å². The number of nitrogens with one attached hydrogen (secondary N) is 1. The molecule has 0 aliphatic carbocycles. The molecule has 1 aromatic rings. The van der Waals surface area contributed by atoms with E-state index in [0.717, 1.165) is 23.9 Å². The van der Waals surface area contributed by atoms with Crippen LogP contribution >= 0.6 is 15.9 Å². The minimum atomic E-state index is -3.15. The summed E-state index contributed by atoms with van der Waals surface area (Å²) >= 11 is 3.29. The molecule has 0 bridgehead atoms. The molecule has 0 unspecified atom stereocenters. The van der Waals surface area contributed by atoms with Gasteiger partial charge in [-0.05, 0) is 37.2 Å². The number of sulfone groups is 1. The molecule has 0 aromatic heterocycles. The second kappa shape index (κ2) is 7.13. The second-order valence-electron chi connectivity index (χ2n) is 3.88. The minimum Gasteiger partial charge on any atom is -0.316 e. The summed E-state index contributed by atoms with van der Waals surface area (Å²) in [5, 5.41) is 3.14. The number of benzene rings is 1. The SMILES string of the molecule is CCCCNCCS(=O)(=O)c1ccc(Br)cc1. The fourth-order valence-electron chi connectivity index (χ4n) is 1.39. The van der Waals surface area contributed by atoms with Crippen molar-refractivity contribution in [2.45, 2.75) is 24.7 Å². The molecule has 0 spiro atoms. The topological polar surface area (TPSA) is 46.2 Å². The Bertz CT molecular complexity index is 428. The molecule has 3 nitrogen and oxygen atoms in total. The molecule has 0 aliphatic rings. The van der Waals surface area contributed by atoms with Crippen LogP contribution in [0.4, 0.5) is 0 Å². The predicted octanol–water partition coefficient (Wildman–Crippen LogP) is 2.61. The first-order chi connectivity index (χ1) is 8.06. The standard InChI is InChI=1S/C12H18BrNO2S/c1-2-3-8-14-9-10-17(15,16)12-6-4-11(13)5-7-12/h4-7,14H,2-3,8-10H2,1H3. The first kappa shape index (κ1) is 14.7. The lowest BCUT2D eigenvalue weighted by Gasteiger charge is -2.06. The van der Waals surface area contributed by atoms with Gasteiger partial charge in [-0.15, -0.1) is 0 Å². The Hall–Kier alpha value is -0.390. The third-order valence-corrected chi connectivity index (χ3v) is 4.69. The van der Waals surface area contributed by atoms with Crippen molar-refractivity contribution in [2.24, 2.45) is 0 Å². The van der Waals surface area contributed by atoms with Crippen LogP contribution in [0, 0.1) is 0 Å². The Morgan fingerprint density at radius 2 is 1.82 bits per heavy atom. The van der Waals surface area contributed by atoms with Crippen LogP contribution in [0.15, 0.2) is 33.6 Å². The number of rotatable bonds is 7. The zero-order valence-electron chi connectivity index (χ0n) is 9.95. The summed E-state index contributed by atoms with van der Waals surface area (Å²) in [6.07, 6.45) is 2.20. The number of halogens is 1. The summed E-state index contributed by atoms with van der Waals surface area (Å²) in [5.74, 6) is 0.151. The Morgan fingerprint density at radius 1 is 1.18 bits per heavy atom. The number of hydrogen-bond donors (Lipinski definition) is 1. The fraction of sp³-hybridized carbons (Fsp3) is 0.500. The normalized spacial score (nSPS) is 11.6. The van der Waals surface area contributed by atoms with Gasteiger partial charge in [0.25, 0.3) is 0 Å². The van der Waals surface area contributed by atoms with Gasteiger partial charge in [-0.3, -0.25) is 0 Å². The molecule has 0 atom stereocenters. The first-order valence-corrected chi connectivity index (χ1v) is 8.20. The highest BCUT2D eigenvalue weighted by Crippen LogP contribution is 2.15. The highest BCUT2D eigenvalue weighted by atomic mass is 79.9. The van der Waals surface area contributed by atoms with Gasteiger partial charge >= 0.3 is 0 Å². The van der Waals surface area contributed by atoms with E-state index in [2.05, 4.69) is 28.2 Å². The largest absolute Gasteiger partial charge is 0.316 e. The van der Waals surface area contributed by atoms with Gasteiger partial charge in [0.05, 0.1) is 10.6 Å². The van der Waals surface area contributed by atoms with E-state index in [1.807, 2.05) is 0 Å². The molecule has 0 aliphatic heterocycles. The van der Waals surface area contributed by atoms with Crippen LogP contribution < -0.4 is 5.32 Å². The maximum Gasteiger partial charge on any atom is 0.179 e. The summed E-state index contributed by atoms with van der Waals surface area (Å²) in [6.45, 7) is 3.50. The molecule has 1 N–H and O–H groups in total. The van der Waals surface area contributed by atoms with Crippen molar-refractivity contribution in [2.75, 3.05) is 18.8 Å². The van der Waals surface area contributed by atoms with Crippen molar-refractivity contribution < 1.29 is 8.42 Å². The summed E-state index contributed by atoms with van der Waals surface area (Å²) in [4.78, 5) is 0.387. The lowest BCUT2D eigenvalue weighted by atomic mass is 10.3. The first-order valence-electron chi connectivity index (χ1n) is 5.75. The number of hydrogen-bond acceptors (Lipinski definition) is 3. The molecule has 0 amide bonds. The van der Waals surface area contributed by atoms with Crippen LogP contribution in [0.5, 0.6) is 0 Å². The molecule has 5 heteroatoms. The molecule has 0 saturated heterocycles. The zero-order valence-corrected chi connectivity index (χ0v) is 12.4. The lowest BCUT2D eigenvalue weighted by molar-refractivity contribution is 0.588. The van der Waals surface area contributed by atoms with Crippen molar-refractivity contribution in [3.8, 4) is 0 Å². The van der Waals surface area contributed by atoms with Crippen LogP contribution in [0.2, 0.25) is 0 Å². The van der Waals surface area contributed by atoms with Gasteiger partial charge in [0.15, 0.2) is 9.84 Å². The Morgan fingerprint density at radius 3 is 2.41 bits per heavy atom. The highest BCUT2D eigenvalue weighted by molar-refractivity contribution is 9.10. The van der Waals surface area contributed by atoms with E-state index < -0.39 is 9.84 Å². The highest BCUT2D eigenvalue weighted by Gasteiger charge is 2.13. The van der Waals surface area contributed by atoms with E-state index >= 15 is 0 Å². The molecule has 0 saturated carbocycles. The van der Waals surface area contributed by atoms with E-state index in [-0.39, 0.29) is 5.75 Å². The Kier molecular flexibility index (Phi) is 6.16. The van der Waals surface area contributed by atoms with Crippen LogP contribution in [0.25, 0.3) is 0 Å². The van der Waals surface area contributed by atoms with Gasteiger partial charge in [0, 0.05) is 11.0 Å². The van der Waals surface area contributed by atoms with Crippen molar-refractivity contribution in [1.29, 1.82) is 0 Å². The van der Waals surface area contributed by atoms with E-state index in [9.17, 15) is 8.42 Å². The van der Waals surface area contributed by atoms with E-state index in [1.165, 1.54) is 0 Å². The monoisotopic (exact) mass is 319 g/mol. The summed E-state index contributed by atoms with van der Waals surface area (Å²) in [7, 11) is -3.15. The average Bonchev–Trinajstić information content (AvgIpc) is 2.29. The third-order valence-electron chi connectivity index (χ3n) is 2.43. The summed E-state index contributed by atoms with van der Waals surface area (Å²) in [6, 6.07) is 6.76. The quantitative estimate of drug-likeness (QED) is 0.786. The van der Waals surface area contributed by atoms with Crippen molar-refractivity contribution in [3.05, 3.63) is 28.7 Å². The second-order valence-corrected chi connectivity index (χ2v) is 6.90. The molecule has 1 rings (SSSR count). The minimum absolute atomic E-state index is 0.151. The lowest BCUT2D eigenvalue weighted by Crippen LogP contribution is -2.23. The van der Waals surface area contributed by atoms with Gasteiger partial charge in [-0.25, -0.2) is 8.42 Å². The van der Waals surface area contributed by atoms with E-state index in [0.29, 0.717) is 11.4 Å². The summed E-state index contributed by atoms with van der Waals surface area (Å²) < 4.78 is 24.7. The maximum absolute atomic E-state index is 11.9. The smallest absolute Gasteiger partial charge is 0.179 e. The van der Waals surface area contributed by atoms with Crippen LogP contribution in [-0.2, 0) is 9.84 Å². The summed E-state index contributed by atoms with van der Waals surface area (Å²) in [5.41, 5.74) is 0. The van der Waals surface area contributed by atoms with Gasteiger partial charge in [0.1, 0.15) is 0 Å².